The molecule has 0 N–H and O–H groups in total. The van der Waals surface area contributed by atoms with Gasteiger partial charge in [0.1, 0.15) is 0 Å². The van der Waals surface area contributed by atoms with Crippen LogP contribution >= 0.6 is 22.2 Å². The number of hydrogen-bond acceptors (Lipinski definition) is 6. The Labute approximate surface area is 161 Å². The van der Waals surface area contributed by atoms with E-state index in [1.165, 1.54) is 0 Å². The van der Waals surface area contributed by atoms with Gasteiger partial charge in [0.15, 0.2) is 0 Å². The standard InChI is InChI=1S/C10H30Cl2O6Si6/c1-19(2)13-20(3,4)16-24(10,12)18-22(7,8)14-21(5,6)17-23(9,11)15-19/h1-10H3. The Morgan fingerprint density at radius 2 is 0.542 bits per heavy atom. The van der Waals surface area contributed by atoms with Crippen molar-refractivity contribution in [2.45, 2.75) is 65.5 Å². The van der Waals surface area contributed by atoms with E-state index in [0.29, 0.717) is 0 Å². The van der Waals surface area contributed by atoms with Gasteiger partial charge in [0, 0.05) is 0 Å². The summed E-state index contributed by atoms with van der Waals surface area (Å²) in [5.74, 6) is 0. The molecular weight excluding hydrogens is 456 g/mol. The molecule has 0 unspecified atom stereocenters. The van der Waals surface area contributed by atoms with Crippen molar-refractivity contribution >= 4 is 72.1 Å². The van der Waals surface area contributed by atoms with Crippen LogP contribution in [0.2, 0.25) is 65.5 Å². The van der Waals surface area contributed by atoms with E-state index < -0.39 is 50.0 Å². The molecule has 0 aromatic carbocycles. The van der Waals surface area contributed by atoms with Crippen LogP contribution in [0.5, 0.6) is 0 Å². The summed E-state index contributed by atoms with van der Waals surface area (Å²) in [6.45, 7) is 19.1. The van der Waals surface area contributed by atoms with Crippen LogP contribution in [0.25, 0.3) is 0 Å². The minimum Gasteiger partial charge on any atom is -0.416 e. The first kappa shape index (κ1) is 23.7. The second-order valence-corrected chi connectivity index (χ2v) is 31.4. The number of halogens is 2. The first-order chi connectivity index (χ1) is 10.2. The highest BCUT2D eigenvalue weighted by Crippen LogP contribution is 2.33. The van der Waals surface area contributed by atoms with Crippen LogP contribution in [0.3, 0.4) is 0 Å². The van der Waals surface area contributed by atoms with Gasteiger partial charge in [-0.3, -0.25) is 0 Å². The summed E-state index contributed by atoms with van der Waals surface area (Å²) in [5.41, 5.74) is 0. The van der Waals surface area contributed by atoms with E-state index in [2.05, 4.69) is 0 Å². The molecule has 1 heterocycles. The van der Waals surface area contributed by atoms with Gasteiger partial charge in [0.05, 0.1) is 0 Å². The SMILES string of the molecule is C[Si]1(C)O[Si](C)(C)O[Si](C)(Cl)O[Si](C)(C)O[Si](C)(C)O[Si](C)(Cl)O1. The lowest BCUT2D eigenvalue weighted by Gasteiger charge is -2.44. The molecule has 0 aromatic heterocycles. The van der Waals surface area contributed by atoms with Gasteiger partial charge in [0.25, 0.3) is 0 Å². The highest BCUT2D eigenvalue weighted by Gasteiger charge is 2.53. The van der Waals surface area contributed by atoms with Gasteiger partial charge in [-0.1, -0.05) is 0 Å². The first-order valence-electron chi connectivity index (χ1n) is 7.83. The van der Waals surface area contributed by atoms with E-state index in [1.807, 2.05) is 65.5 Å². The van der Waals surface area contributed by atoms with Crippen LogP contribution in [-0.4, -0.2) is 50.0 Å². The third-order valence-corrected chi connectivity index (χ3v) is 27.0. The van der Waals surface area contributed by atoms with Crippen molar-refractivity contribution in [3.05, 3.63) is 0 Å². The van der Waals surface area contributed by atoms with Crippen molar-refractivity contribution in [3.63, 3.8) is 0 Å². The minimum absolute atomic E-state index is 1.81. The molecule has 1 saturated heterocycles. The Bertz CT molecular complexity index is 340. The summed E-state index contributed by atoms with van der Waals surface area (Å²) < 4.78 is 37.2. The average Bonchev–Trinajstić information content (AvgIpc) is 1.98. The van der Waals surface area contributed by atoms with Gasteiger partial charge in [-0.15, -0.1) is 22.2 Å². The van der Waals surface area contributed by atoms with Crippen molar-refractivity contribution in [2.75, 3.05) is 0 Å². The summed E-state index contributed by atoms with van der Waals surface area (Å²) in [6.07, 6.45) is 0. The van der Waals surface area contributed by atoms with Crippen LogP contribution in [-0.2, 0) is 24.7 Å². The molecule has 0 atom stereocenters. The molecule has 1 aliphatic heterocycles. The molecule has 0 aromatic rings. The van der Waals surface area contributed by atoms with Gasteiger partial charge in [-0.2, -0.15) is 0 Å². The summed E-state index contributed by atoms with van der Waals surface area (Å²) in [6, 6.07) is 0. The van der Waals surface area contributed by atoms with Gasteiger partial charge in [0.2, 0.25) is 0 Å². The van der Waals surface area contributed by atoms with Crippen LogP contribution in [0.1, 0.15) is 0 Å². The van der Waals surface area contributed by atoms with Crippen LogP contribution in [0, 0.1) is 0 Å². The quantitative estimate of drug-likeness (QED) is 0.371. The van der Waals surface area contributed by atoms with Gasteiger partial charge >= 0.3 is 50.0 Å². The predicted octanol–water partition coefficient (Wildman–Crippen LogP) is 4.52. The normalized spacial score (nSPS) is 39.5. The van der Waals surface area contributed by atoms with Crippen LogP contribution in [0.15, 0.2) is 0 Å². The predicted molar refractivity (Wildman–Crippen MR) is 111 cm³/mol. The second-order valence-electron chi connectivity index (χ2n) is 7.88. The molecule has 144 valence electrons. The lowest BCUT2D eigenvalue weighted by Crippen LogP contribution is -2.63. The minimum atomic E-state index is -2.94. The number of hydrogen-bond donors (Lipinski definition) is 0. The first-order valence-corrected chi connectivity index (χ1v) is 25.8. The smallest absolute Gasteiger partial charge is 0.416 e. The van der Waals surface area contributed by atoms with Crippen molar-refractivity contribution < 1.29 is 24.7 Å². The molecule has 0 radical (unpaired) electrons. The van der Waals surface area contributed by atoms with Crippen molar-refractivity contribution in [2.24, 2.45) is 0 Å². The zero-order valence-corrected chi connectivity index (χ0v) is 23.7. The largest absolute Gasteiger partial charge is 0.422 e. The molecule has 0 bridgehead atoms. The Morgan fingerprint density at radius 3 is 0.708 bits per heavy atom. The fourth-order valence-corrected chi connectivity index (χ4v) is 36.5. The summed E-state index contributed by atoms with van der Waals surface area (Å²) in [7, 11) is -16.2. The fraction of sp³-hybridized carbons (Fsp3) is 1.00. The third-order valence-electron chi connectivity index (χ3n) is 2.70. The van der Waals surface area contributed by atoms with Gasteiger partial charge in [-0.25, -0.2) is 0 Å². The maximum absolute atomic E-state index is 6.62. The second kappa shape index (κ2) is 7.23. The lowest BCUT2D eigenvalue weighted by molar-refractivity contribution is 0.250. The Morgan fingerprint density at radius 1 is 0.375 bits per heavy atom. The van der Waals surface area contributed by atoms with Crippen molar-refractivity contribution in [3.8, 4) is 0 Å². The molecule has 0 spiro atoms. The topological polar surface area (TPSA) is 55.4 Å². The molecule has 14 heteroatoms. The van der Waals surface area contributed by atoms with E-state index >= 15 is 0 Å². The van der Waals surface area contributed by atoms with Crippen LogP contribution < -0.4 is 0 Å². The molecule has 24 heavy (non-hydrogen) atoms. The zero-order chi connectivity index (χ0) is 19.2. The van der Waals surface area contributed by atoms with Gasteiger partial charge < -0.3 is 24.7 Å². The maximum atomic E-state index is 6.62. The van der Waals surface area contributed by atoms with E-state index in [9.17, 15) is 0 Å². The molecule has 1 rings (SSSR count). The lowest BCUT2D eigenvalue weighted by atomic mass is 11.9. The highest BCUT2D eigenvalue weighted by atomic mass is 35.6. The molecule has 1 fully saturated rings. The third kappa shape index (κ3) is 8.55. The molecule has 0 saturated carbocycles. The zero-order valence-electron chi connectivity index (χ0n) is 16.2. The monoisotopic (exact) mass is 484 g/mol. The highest BCUT2D eigenvalue weighted by molar-refractivity contribution is 7.18. The maximum Gasteiger partial charge on any atom is 0.422 e. The van der Waals surface area contributed by atoms with E-state index in [4.69, 9.17) is 46.8 Å². The molecule has 0 aliphatic carbocycles. The Balaban J connectivity index is 3.24. The fourth-order valence-electron chi connectivity index (χ4n) is 3.06. The van der Waals surface area contributed by atoms with E-state index in [0.717, 1.165) is 0 Å². The Hall–Kier alpha value is 1.64. The Kier molecular flexibility index (Phi) is 7.13. The van der Waals surface area contributed by atoms with Crippen LogP contribution in [0.4, 0.5) is 0 Å². The van der Waals surface area contributed by atoms with E-state index in [-0.39, 0.29) is 0 Å². The summed E-state index contributed by atoms with van der Waals surface area (Å²) >= 11 is 13.2. The van der Waals surface area contributed by atoms with Gasteiger partial charge in [-0.05, 0) is 65.5 Å². The molecule has 1 aliphatic rings. The molecule has 6 nitrogen and oxygen atoms in total. The summed E-state index contributed by atoms with van der Waals surface area (Å²) in [5, 5.41) is 0. The average molecular weight is 486 g/mol. The van der Waals surface area contributed by atoms with E-state index in [1.54, 1.807) is 0 Å². The molecule has 0 amide bonds. The van der Waals surface area contributed by atoms with Crippen molar-refractivity contribution in [1.29, 1.82) is 0 Å². The van der Waals surface area contributed by atoms with Crippen molar-refractivity contribution in [1.82, 2.24) is 0 Å². The molecular formula is C10H30Cl2O6Si6. The summed E-state index contributed by atoms with van der Waals surface area (Å²) in [4.78, 5) is 0. The number of rotatable bonds is 0.